The fourth-order valence-electron chi connectivity index (χ4n) is 1.52. The van der Waals surface area contributed by atoms with E-state index in [9.17, 15) is 4.79 Å². The molecule has 0 fully saturated rings. The highest BCUT2D eigenvalue weighted by molar-refractivity contribution is 5.72. The summed E-state index contributed by atoms with van der Waals surface area (Å²) in [5.41, 5.74) is 0.923. The fourth-order valence-corrected chi connectivity index (χ4v) is 1.52. The number of aliphatic carboxylic acids is 1. The van der Waals surface area contributed by atoms with E-state index in [-0.39, 0.29) is 6.01 Å². The van der Waals surface area contributed by atoms with E-state index in [2.05, 4.69) is 15.3 Å². The maximum Gasteiger partial charge on any atom is 0.321 e. The van der Waals surface area contributed by atoms with Crippen molar-refractivity contribution in [1.82, 2.24) is 15.3 Å². The number of hydrogen-bond donors (Lipinski definition) is 2. The molecule has 104 valence electrons. The standard InChI is InChI=1S/C14H15N3O3/c1-10(13(18)19)17-9-11-4-2-5-12(8-11)20-14-15-6-3-7-16-14/h2-8,10,17H,9H2,1H3,(H,18,19)/t10-/m0/s1. The van der Waals surface area contributed by atoms with Crippen LogP contribution in [0.2, 0.25) is 0 Å². The first-order valence-electron chi connectivity index (χ1n) is 6.15. The molecular formula is C14H15N3O3. The highest BCUT2D eigenvalue weighted by atomic mass is 16.5. The van der Waals surface area contributed by atoms with Crippen LogP contribution in [0.4, 0.5) is 0 Å². The summed E-state index contributed by atoms with van der Waals surface area (Å²) in [4.78, 5) is 18.7. The number of hydrogen-bond acceptors (Lipinski definition) is 5. The summed E-state index contributed by atoms with van der Waals surface area (Å²) in [6.45, 7) is 2.04. The molecule has 0 amide bonds. The van der Waals surface area contributed by atoms with E-state index in [1.807, 2.05) is 18.2 Å². The van der Waals surface area contributed by atoms with Crippen molar-refractivity contribution in [2.45, 2.75) is 19.5 Å². The summed E-state index contributed by atoms with van der Waals surface area (Å²) in [7, 11) is 0. The first-order valence-corrected chi connectivity index (χ1v) is 6.15. The van der Waals surface area contributed by atoms with E-state index in [1.165, 1.54) is 0 Å². The van der Waals surface area contributed by atoms with Crippen molar-refractivity contribution in [3.05, 3.63) is 48.3 Å². The largest absolute Gasteiger partial charge is 0.480 e. The molecule has 1 heterocycles. The Balaban J connectivity index is 1.99. The van der Waals surface area contributed by atoms with Gasteiger partial charge in [-0.25, -0.2) is 9.97 Å². The number of carbonyl (C=O) groups is 1. The summed E-state index contributed by atoms with van der Waals surface area (Å²) < 4.78 is 5.51. The lowest BCUT2D eigenvalue weighted by atomic mass is 10.2. The number of carboxylic acid groups (broad SMARTS) is 1. The lowest BCUT2D eigenvalue weighted by Gasteiger charge is -2.10. The van der Waals surface area contributed by atoms with E-state index in [4.69, 9.17) is 9.84 Å². The molecule has 0 bridgehead atoms. The third kappa shape index (κ3) is 4.03. The van der Waals surface area contributed by atoms with Gasteiger partial charge in [0, 0.05) is 18.9 Å². The second-order valence-corrected chi connectivity index (χ2v) is 4.22. The number of nitrogens with zero attached hydrogens (tertiary/aromatic N) is 2. The van der Waals surface area contributed by atoms with Gasteiger partial charge in [0.05, 0.1) is 0 Å². The van der Waals surface area contributed by atoms with Crippen molar-refractivity contribution >= 4 is 5.97 Å². The number of ether oxygens (including phenoxy) is 1. The quantitative estimate of drug-likeness (QED) is 0.835. The first kappa shape index (κ1) is 14.0. The molecule has 0 saturated heterocycles. The Bertz CT molecular complexity index is 575. The minimum atomic E-state index is -0.880. The van der Waals surface area contributed by atoms with Crippen molar-refractivity contribution in [3.8, 4) is 11.8 Å². The minimum absolute atomic E-state index is 0.275. The first-order chi connectivity index (χ1) is 9.65. The SMILES string of the molecule is C[C@H](NCc1cccc(Oc2ncccn2)c1)C(=O)O. The van der Waals surface area contributed by atoms with Crippen LogP contribution in [0.25, 0.3) is 0 Å². The molecular weight excluding hydrogens is 258 g/mol. The zero-order valence-electron chi connectivity index (χ0n) is 11.0. The zero-order valence-corrected chi connectivity index (χ0v) is 11.0. The van der Waals surface area contributed by atoms with Gasteiger partial charge in [0.25, 0.3) is 0 Å². The third-order valence-electron chi connectivity index (χ3n) is 2.63. The monoisotopic (exact) mass is 273 g/mol. The van der Waals surface area contributed by atoms with Crippen molar-refractivity contribution in [2.75, 3.05) is 0 Å². The van der Waals surface area contributed by atoms with E-state index < -0.39 is 12.0 Å². The highest BCUT2D eigenvalue weighted by Gasteiger charge is 2.09. The molecule has 2 rings (SSSR count). The molecule has 6 heteroatoms. The van der Waals surface area contributed by atoms with E-state index >= 15 is 0 Å². The average molecular weight is 273 g/mol. The molecule has 0 saturated carbocycles. The molecule has 0 aliphatic heterocycles. The molecule has 0 aliphatic rings. The van der Waals surface area contributed by atoms with Crippen LogP contribution in [0.5, 0.6) is 11.8 Å². The third-order valence-corrected chi connectivity index (χ3v) is 2.63. The van der Waals surface area contributed by atoms with Gasteiger partial charge in [-0.15, -0.1) is 0 Å². The molecule has 0 aliphatic carbocycles. The molecule has 2 N–H and O–H groups in total. The summed E-state index contributed by atoms with van der Waals surface area (Å²) >= 11 is 0. The lowest BCUT2D eigenvalue weighted by Crippen LogP contribution is -2.33. The van der Waals surface area contributed by atoms with E-state index in [1.54, 1.807) is 31.5 Å². The van der Waals surface area contributed by atoms with Crippen LogP contribution >= 0.6 is 0 Å². The number of rotatable bonds is 6. The molecule has 0 spiro atoms. The molecule has 2 aromatic rings. The van der Waals surface area contributed by atoms with E-state index in [0.29, 0.717) is 12.3 Å². The smallest absolute Gasteiger partial charge is 0.321 e. The number of carboxylic acids is 1. The van der Waals surface area contributed by atoms with Crippen LogP contribution in [0.3, 0.4) is 0 Å². The average Bonchev–Trinajstić information content (AvgIpc) is 2.46. The maximum atomic E-state index is 10.7. The minimum Gasteiger partial charge on any atom is -0.480 e. The summed E-state index contributed by atoms with van der Waals surface area (Å²) in [5.74, 6) is -0.270. The van der Waals surface area contributed by atoms with Gasteiger partial charge < -0.3 is 15.2 Å². The molecule has 1 aromatic carbocycles. The molecule has 1 aromatic heterocycles. The highest BCUT2D eigenvalue weighted by Crippen LogP contribution is 2.18. The second-order valence-electron chi connectivity index (χ2n) is 4.22. The Morgan fingerprint density at radius 2 is 2.10 bits per heavy atom. The van der Waals surface area contributed by atoms with Crippen LogP contribution in [-0.4, -0.2) is 27.1 Å². The van der Waals surface area contributed by atoms with Crippen molar-refractivity contribution in [2.24, 2.45) is 0 Å². The van der Waals surface area contributed by atoms with Crippen LogP contribution in [0.1, 0.15) is 12.5 Å². The van der Waals surface area contributed by atoms with Gasteiger partial charge in [-0.3, -0.25) is 4.79 Å². The Kier molecular flexibility index (Phi) is 4.62. The van der Waals surface area contributed by atoms with Crippen LogP contribution in [0.15, 0.2) is 42.7 Å². The maximum absolute atomic E-state index is 10.7. The Labute approximate surface area is 116 Å². The van der Waals surface area contributed by atoms with Gasteiger partial charge in [0.1, 0.15) is 11.8 Å². The normalized spacial score (nSPS) is 11.8. The summed E-state index contributed by atoms with van der Waals surface area (Å²) in [5, 5.41) is 11.7. The molecule has 20 heavy (non-hydrogen) atoms. The van der Waals surface area contributed by atoms with Crippen LogP contribution in [-0.2, 0) is 11.3 Å². The lowest BCUT2D eigenvalue weighted by molar-refractivity contribution is -0.139. The van der Waals surface area contributed by atoms with Crippen molar-refractivity contribution in [3.63, 3.8) is 0 Å². The Morgan fingerprint density at radius 1 is 1.35 bits per heavy atom. The zero-order chi connectivity index (χ0) is 14.4. The number of benzene rings is 1. The molecule has 6 nitrogen and oxygen atoms in total. The predicted octanol–water partition coefficient (Wildman–Crippen LogP) is 1.83. The van der Waals surface area contributed by atoms with Crippen LogP contribution < -0.4 is 10.1 Å². The molecule has 1 atom stereocenters. The molecule has 0 unspecified atom stereocenters. The Hall–Kier alpha value is -2.47. The topological polar surface area (TPSA) is 84.3 Å². The van der Waals surface area contributed by atoms with E-state index in [0.717, 1.165) is 5.56 Å². The van der Waals surface area contributed by atoms with Gasteiger partial charge in [-0.1, -0.05) is 12.1 Å². The van der Waals surface area contributed by atoms with Gasteiger partial charge in [-0.05, 0) is 30.7 Å². The van der Waals surface area contributed by atoms with Crippen molar-refractivity contribution in [1.29, 1.82) is 0 Å². The Morgan fingerprint density at radius 3 is 2.80 bits per heavy atom. The van der Waals surface area contributed by atoms with Crippen LogP contribution in [0, 0.1) is 0 Å². The van der Waals surface area contributed by atoms with Gasteiger partial charge in [0.15, 0.2) is 0 Å². The van der Waals surface area contributed by atoms with Gasteiger partial charge >= 0.3 is 12.0 Å². The van der Waals surface area contributed by atoms with Crippen molar-refractivity contribution < 1.29 is 14.6 Å². The molecule has 0 radical (unpaired) electrons. The van der Waals surface area contributed by atoms with Gasteiger partial charge in [0.2, 0.25) is 0 Å². The second kappa shape index (κ2) is 6.63. The summed E-state index contributed by atoms with van der Waals surface area (Å²) in [6, 6.07) is 8.72. The summed E-state index contributed by atoms with van der Waals surface area (Å²) in [6.07, 6.45) is 3.20. The predicted molar refractivity (Wildman–Crippen MR) is 72.5 cm³/mol. The number of nitrogens with one attached hydrogen (secondary N) is 1. The van der Waals surface area contributed by atoms with Gasteiger partial charge in [-0.2, -0.15) is 0 Å². The fraction of sp³-hybridized carbons (Fsp3) is 0.214. The number of aromatic nitrogens is 2.